The molecule has 2 aromatic rings. The summed E-state index contributed by atoms with van der Waals surface area (Å²) in [5, 5.41) is 0. The van der Waals surface area contributed by atoms with Gasteiger partial charge in [0.2, 0.25) is 0 Å². The van der Waals surface area contributed by atoms with Crippen LogP contribution in [-0.2, 0) is 28.2 Å². The molecule has 4 rings (SSSR count). The smallest absolute Gasteiger partial charge is 0.382 e. The number of halogens is 8. The monoisotopic (exact) mass is 673 g/mol. The van der Waals surface area contributed by atoms with Gasteiger partial charge < -0.3 is 14.4 Å². The summed E-state index contributed by atoms with van der Waals surface area (Å²) in [6.07, 6.45) is -9.66. The number of ether oxygens (including phenoxy) is 2. The maximum atomic E-state index is 13.6. The van der Waals surface area contributed by atoms with E-state index in [-0.39, 0.29) is 43.5 Å². The van der Waals surface area contributed by atoms with Crippen molar-refractivity contribution < 1.29 is 40.6 Å². The van der Waals surface area contributed by atoms with Crippen molar-refractivity contribution in [3.8, 4) is 0 Å². The van der Waals surface area contributed by atoms with Crippen molar-refractivity contribution in [1.29, 1.82) is 0 Å². The zero-order chi connectivity index (χ0) is 30.7. The average molecular weight is 675 g/mol. The van der Waals surface area contributed by atoms with Crippen LogP contribution >= 0.6 is 24.8 Å². The average Bonchev–Trinajstić information content (AvgIpc) is 2.93. The van der Waals surface area contributed by atoms with E-state index in [0.29, 0.717) is 51.4 Å². The van der Waals surface area contributed by atoms with Crippen LogP contribution in [0.25, 0.3) is 0 Å². The van der Waals surface area contributed by atoms with Gasteiger partial charge in [0.25, 0.3) is 5.91 Å². The van der Waals surface area contributed by atoms with Gasteiger partial charge in [0.15, 0.2) is 0 Å². The number of hydrogen-bond donors (Lipinski definition) is 0. The molecule has 0 aromatic heterocycles. The summed E-state index contributed by atoms with van der Waals surface area (Å²) in [6, 6.07) is 6.56. The Morgan fingerprint density at radius 1 is 0.864 bits per heavy atom. The number of alkyl halides is 6. The molecule has 14 heteroatoms. The summed E-state index contributed by atoms with van der Waals surface area (Å²) >= 11 is 0. The molecule has 0 N–H and O–H groups in total. The Labute approximate surface area is 266 Å². The number of rotatable bonds is 8. The van der Waals surface area contributed by atoms with Crippen molar-refractivity contribution >= 4 is 30.7 Å². The minimum atomic E-state index is -5.03. The van der Waals surface area contributed by atoms with E-state index in [4.69, 9.17) is 9.47 Å². The third-order valence-corrected chi connectivity index (χ3v) is 8.01. The van der Waals surface area contributed by atoms with E-state index in [9.17, 15) is 31.1 Å². The number of nitrogens with zero attached hydrogens (tertiary/aromatic N) is 3. The molecule has 2 aromatic carbocycles. The molecule has 1 unspecified atom stereocenters. The molecular weight excluding hydrogens is 635 g/mol. The topological polar surface area (TPSA) is 45.2 Å². The summed E-state index contributed by atoms with van der Waals surface area (Å²) in [5.41, 5.74) is -0.516. The number of morpholine rings is 1. The molecule has 44 heavy (non-hydrogen) atoms. The normalized spacial score (nSPS) is 20.2. The summed E-state index contributed by atoms with van der Waals surface area (Å²) in [5.74, 6) is -0.837. The van der Waals surface area contributed by atoms with E-state index >= 15 is 0 Å². The van der Waals surface area contributed by atoms with Gasteiger partial charge in [0.05, 0.1) is 30.4 Å². The van der Waals surface area contributed by atoms with Crippen LogP contribution in [-0.4, -0.2) is 98.9 Å². The molecule has 2 heterocycles. The Morgan fingerprint density at radius 3 is 2.05 bits per heavy atom. The van der Waals surface area contributed by atoms with Gasteiger partial charge in [-0.25, -0.2) is 0 Å². The first-order valence-electron chi connectivity index (χ1n) is 14.0. The molecule has 0 aliphatic carbocycles. The van der Waals surface area contributed by atoms with Gasteiger partial charge >= 0.3 is 12.4 Å². The molecule has 0 saturated carbocycles. The molecule has 2 saturated heterocycles. The van der Waals surface area contributed by atoms with Crippen LogP contribution in [0, 0.1) is 13.8 Å². The molecular formula is C30H39Cl2F6N3O3. The number of carbonyl (C=O) groups excluding carboxylic acids is 1. The second kappa shape index (κ2) is 16.0. The van der Waals surface area contributed by atoms with Crippen molar-refractivity contribution in [2.75, 3.05) is 66.1 Å². The molecule has 6 nitrogen and oxygen atoms in total. The zero-order valence-corrected chi connectivity index (χ0v) is 26.5. The van der Waals surface area contributed by atoms with Crippen LogP contribution in [0.1, 0.15) is 38.2 Å². The second-order valence-electron chi connectivity index (χ2n) is 11.1. The minimum Gasteiger partial charge on any atom is -0.382 e. The van der Waals surface area contributed by atoms with E-state index < -0.39 is 41.0 Å². The van der Waals surface area contributed by atoms with Gasteiger partial charge in [-0.1, -0.05) is 18.2 Å². The van der Waals surface area contributed by atoms with Crippen molar-refractivity contribution in [2.24, 2.45) is 0 Å². The van der Waals surface area contributed by atoms with Crippen LogP contribution in [0.4, 0.5) is 26.3 Å². The Bertz CT molecular complexity index is 1210. The van der Waals surface area contributed by atoms with Crippen molar-refractivity contribution in [2.45, 2.75) is 44.8 Å². The summed E-state index contributed by atoms with van der Waals surface area (Å²) in [4.78, 5) is 19.5. The standard InChI is InChI=1S/C30H37F6N3O3.2ClH/c1-20-4-5-22(12-21(20)2)13-26-17-37(6-7-38-10-11-42-27(18-38)19-41-3)8-9-39(26)28(40)23-14-24(29(31,32)33)16-25(15-23)30(34,35)36;;/h4-5,12,14-16,26-27H,6-11,13,17-19H2,1-3H3;2*1H/t26-,27?;;/m1../s1. The molecule has 2 aliphatic heterocycles. The van der Waals surface area contributed by atoms with E-state index in [1.807, 2.05) is 32.0 Å². The highest BCUT2D eigenvalue weighted by molar-refractivity contribution is 5.95. The van der Waals surface area contributed by atoms with Gasteiger partial charge in [-0.05, 0) is 55.2 Å². The van der Waals surface area contributed by atoms with Crippen molar-refractivity contribution in [1.82, 2.24) is 14.7 Å². The number of methoxy groups -OCH3 is 1. The fraction of sp³-hybridized carbons (Fsp3) is 0.567. The van der Waals surface area contributed by atoms with Crippen LogP contribution < -0.4 is 0 Å². The van der Waals surface area contributed by atoms with Crippen molar-refractivity contribution in [3.63, 3.8) is 0 Å². The maximum absolute atomic E-state index is 13.6. The first-order chi connectivity index (χ1) is 19.7. The third-order valence-electron chi connectivity index (χ3n) is 8.01. The Hall–Kier alpha value is -2.09. The summed E-state index contributed by atoms with van der Waals surface area (Å²) in [7, 11) is 1.63. The third kappa shape index (κ3) is 9.95. The largest absolute Gasteiger partial charge is 0.416 e. The molecule has 0 spiro atoms. The highest BCUT2D eigenvalue weighted by Crippen LogP contribution is 2.37. The van der Waals surface area contributed by atoms with Crippen molar-refractivity contribution in [3.05, 3.63) is 69.8 Å². The quantitative estimate of drug-likeness (QED) is 0.327. The fourth-order valence-electron chi connectivity index (χ4n) is 5.56. The van der Waals surface area contributed by atoms with Gasteiger partial charge in [0.1, 0.15) is 0 Å². The predicted molar refractivity (Wildman–Crippen MR) is 160 cm³/mol. The maximum Gasteiger partial charge on any atom is 0.416 e. The van der Waals surface area contributed by atoms with E-state index in [0.717, 1.165) is 36.3 Å². The molecule has 248 valence electrons. The number of amides is 1. The fourth-order valence-corrected chi connectivity index (χ4v) is 5.56. The van der Waals surface area contributed by atoms with Gasteiger partial charge in [-0.15, -0.1) is 24.8 Å². The van der Waals surface area contributed by atoms with Gasteiger partial charge in [-0.2, -0.15) is 26.3 Å². The molecule has 2 atom stereocenters. The predicted octanol–water partition coefficient (Wildman–Crippen LogP) is 5.90. The highest BCUT2D eigenvalue weighted by Gasteiger charge is 2.39. The lowest BCUT2D eigenvalue weighted by molar-refractivity contribution is -0.143. The molecule has 0 bridgehead atoms. The van der Waals surface area contributed by atoms with E-state index in [1.165, 1.54) is 4.90 Å². The summed E-state index contributed by atoms with van der Waals surface area (Å²) in [6.45, 7) is 9.09. The van der Waals surface area contributed by atoms with Gasteiger partial charge in [-0.3, -0.25) is 14.6 Å². The zero-order valence-electron chi connectivity index (χ0n) is 24.8. The Kier molecular flexibility index (Phi) is 13.8. The first-order valence-corrected chi connectivity index (χ1v) is 14.0. The van der Waals surface area contributed by atoms with Crippen LogP contribution in [0.5, 0.6) is 0 Å². The number of piperazine rings is 1. The Balaban J connectivity index is 0.00000337. The lowest BCUT2D eigenvalue weighted by atomic mass is 9.97. The number of aryl methyl sites for hydroxylation is 2. The Morgan fingerprint density at radius 2 is 1.48 bits per heavy atom. The number of hydrogen-bond acceptors (Lipinski definition) is 5. The first kappa shape index (κ1) is 38.1. The van der Waals surface area contributed by atoms with Crippen LogP contribution in [0.2, 0.25) is 0 Å². The molecule has 2 fully saturated rings. The minimum absolute atomic E-state index is 0. The summed E-state index contributed by atoms with van der Waals surface area (Å²) < 4.78 is 92.0. The van der Waals surface area contributed by atoms with Crippen LogP contribution in [0.15, 0.2) is 36.4 Å². The van der Waals surface area contributed by atoms with Crippen LogP contribution in [0.3, 0.4) is 0 Å². The molecule has 2 aliphatic rings. The SMILES string of the molecule is COCC1CN(CCN2CCN(C(=O)c3cc(C(F)(F)F)cc(C(F)(F)F)c3)[C@H](Cc3ccc(C)c(C)c3)C2)CCO1.Cl.Cl. The number of carbonyl (C=O) groups is 1. The molecule has 0 radical (unpaired) electrons. The van der Waals surface area contributed by atoms with E-state index in [1.54, 1.807) is 7.11 Å². The van der Waals surface area contributed by atoms with Gasteiger partial charge in [0, 0.05) is 64.5 Å². The second-order valence-corrected chi connectivity index (χ2v) is 11.1. The lowest BCUT2D eigenvalue weighted by Gasteiger charge is -2.43. The lowest BCUT2D eigenvalue weighted by Crippen LogP contribution is -2.57. The van der Waals surface area contributed by atoms with E-state index in [2.05, 4.69) is 9.80 Å². The highest BCUT2D eigenvalue weighted by atomic mass is 35.5. The molecule has 1 amide bonds. The number of benzene rings is 2.